The molecule has 1 unspecified atom stereocenters. The van der Waals surface area contributed by atoms with Gasteiger partial charge >= 0.3 is 0 Å². The van der Waals surface area contributed by atoms with Crippen molar-refractivity contribution in [3.05, 3.63) is 24.3 Å². The maximum atomic E-state index is 2.63. The molecule has 0 amide bonds. The molecule has 21 heavy (non-hydrogen) atoms. The summed E-state index contributed by atoms with van der Waals surface area (Å²) in [5.41, 5.74) is 2.90. The Morgan fingerprint density at radius 3 is 2.19 bits per heavy atom. The maximum absolute atomic E-state index is 2.63. The molecular weight excluding hydrogens is 256 g/mol. The van der Waals surface area contributed by atoms with E-state index in [9.17, 15) is 0 Å². The third kappa shape index (κ3) is 4.15. The van der Waals surface area contributed by atoms with Crippen LogP contribution in [0.15, 0.2) is 24.3 Å². The van der Waals surface area contributed by atoms with Gasteiger partial charge in [-0.05, 0) is 31.9 Å². The van der Waals surface area contributed by atoms with Gasteiger partial charge in [-0.3, -0.25) is 0 Å². The van der Waals surface area contributed by atoms with E-state index in [-0.39, 0.29) is 0 Å². The first-order valence-corrected chi connectivity index (χ1v) is 8.88. The van der Waals surface area contributed by atoms with E-state index in [0.29, 0.717) is 6.04 Å². The second-order valence-electron chi connectivity index (χ2n) is 6.39. The van der Waals surface area contributed by atoms with Crippen molar-refractivity contribution in [3.63, 3.8) is 0 Å². The van der Waals surface area contributed by atoms with Crippen molar-refractivity contribution in [2.45, 2.75) is 65.3 Å². The summed E-state index contributed by atoms with van der Waals surface area (Å²) in [6.45, 7) is 10.5. The minimum absolute atomic E-state index is 0.624. The van der Waals surface area contributed by atoms with Crippen LogP contribution in [0.4, 0.5) is 11.4 Å². The molecule has 2 rings (SSSR count). The SMILES string of the molecule is CCCCCN1CC(C)N(CCCCC)c2ccccc21. The maximum Gasteiger partial charge on any atom is 0.0607 e. The van der Waals surface area contributed by atoms with Crippen LogP contribution in [0.1, 0.15) is 59.3 Å². The van der Waals surface area contributed by atoms with Gasteiger partial charge in [-0.1, -0.05) is 51.7 Å². The van der Waals surface area contributed by atoms with Crippen LogP contribution in [0, 0.1) is 0 Å². The monoisotopic (exact) mass is 288 g/mol. The van der Waals surface area contributed by atoms with Crippen molar-refractivity contribution >= 4 is 11.4 Å². The van der Waals surface area contributed by atoms with E-state index < -0.39 is 0 Å². The number of benzene rings is 1. The first-order valence-electron chi connectivity index (χ1n) is 8.88. The molecule has 0 bridgehead atoms. The third-order valence-electron chi connectivity index (χ3n) is 4.58. The lowest BCUT2D eigenvalue weighted by Gasteiger charge is -2.43. The number of nitrogens with zero attached hydrogens (tertiary/aromatic N) is 2. The van der Waals surface area contributed by atoms with Crippen LogP contribution in [0.25, 0.3) is 0 Å². The summed E-state index contributed by atoms with van der Waals surface area (Å²) in [5, 5.41) is 0. The number of hydrogen-bond acceptors (Lipinski definition) is 2. The van der Waals surface area contributed by atoms with Gasteiger partial charge in [-0.15, -0.1) is 0 Å². The van der Waals surface area contributed by atoms with Crippen molar-refractivity contribution in [1.29, 1.82) is 0 Å². The van der Waals surface area contributed by atoms with Crippen LogP contribution in [0.3, 0.4) is 0 Å². The number of anilines is 2. The van der Waals surface area contributed by atoms with E-state index in [4.69, 9.17) is 0 Å². The molecule has 0 saturated carbocycles. The summed E-state index contributed by atoms with van der Waals surface area (Å²) in [4.78, 5) is 5.23. The Morgan fingerprint density at radius 2 is 1.52 bits per heavy atom. The number of fused-ring (bicyclic) bond motifs is 1. The van der Waals surface area contributed by atoms with Gasteiger partial charge in [0.15, 0.2) is 0 Å². The Morgan fingerprint density at radius 1 is 0.905 bits per heavy atom. The molecule has 118 valence electrons. The van der Waals surface area contributed by atoms with E-state index >= 15 is 0 Å². The molecule has 0 aromatic heterocycles. The first-order chi connectivity index (χ1) is 10.3. The molecule has 1 aliphatic heterocycles. The molecule has 1 atom stereocenters. The number of para-hydroxylation sites is 2. The number of unbranched alkanes of at least 4 members (excludes halogenated alkanes) is 4. The molecule has 1 aromatic rings. The standard InChI is InChI=1S/C19H32N2/c1-4-6-10-14-20-16-17(3)21(15-11-7-5-2)19-13-9-8-12-18(19)20/h8-9,12-13,17H,4-7,10-11,14-16H2,1-3H3. The molecule has 1 heterocycles. The van der Waals surface area contributed by atoms with Crippen molar-refractivity contribution in [1.82, 2.24) is 0 Å². The van der Waals surface area contributed by atoms with E-state index in [1.54, 1.807) is 0 Å². The van der Waals surface area contributed by atoms with Gasteiger partial charge in [0.25, 0.3) is 0 Å². The second-order valence-corrected chi connectivity index (χ2v) is 6.39. The second kappa shape index (κ2) is 8.31. The molecule has 0 aliphatic carbocycles. The van der Waals surface area contributed by atoms with E-state index in [2.05, 4.69) is 54.8 Å². The Kier molecular flexibility index (Phi) is 6.41. The summed E-state index contributed by atoms with van der Waals surface area (Å²) in [5.74, 6) is 0. The smallest absolute Gasteiger partial charge is 0.0607 e. The lowest BCUT2D eigenvalue weighted by atomic mass is 10.1. The minimum Gasteiger partial charge on any atom is -0.368 e. The Bertz CT molecular complexity index is 416. The third-order valence-corrected chi connectivity index (χ3v) is 4.58. The predicted molar refractivity (Wildman–Crippen MR) is 94.5 cm³/mol. The number of hydrogen-bond donors (Lipinski definition) is 0. The highest BCUT2D eigenvalue weighted by Crippen LogP contribution is 2.35. The summed E-state index contributed by atoms with van der Waals surface area (Å²) in [7, 11) is 0. The van der Waals surface area contributed by atoms with Crippen LogP contribution >= 0.6 is 0 Å². The van der Waals surface area contributed by atoms with Crippen molar-refractivity contribution in [2.75, 3.05) is 29.4 Å². The van der Waals surface area contributed by atoms with Crippen LogP contribution in [0.2, 0.25) is 0 Å². The summed E-state index contributed by atoms with van der Waals surface area (Å²) >= 11 is 0. The molecule has 2 heteroatoms. The quantitative estimate of drug-likeness (QED) is 0.615. The van der Waals surface area contributed by atoms with Gasteiger partial charge in [0.1, 0.15) is 0 Å². The van der Waals surface area contributed by atoms with Gasteiger partial charge in [0.2, 0.25) is 0 Å². The Hall–Kier alpha value is -1.18. The molecule has 0 fully saturated rings. The zero-order chi connectivity index (χ0) is 15.1. The minimum atomic E-state index is 0.624. The molecule has 1 aliphatic rings. The van der Waals surface area contributed by atoms with Crippen LogP contribution in [0.5, 0.6) is 0 Å². The molecule has 2 nitrogen and oxygen atoms in total. The van der Waals surface area contributed by atoms with Gasteiger partial charge in [-0.2, -0.15) is 0 Å². The van der Waals surface area contributed by atoms with Crippen molar-refractivity contribution in [2.24, 2.45) is 0 Å². The first kappa shape index (κ1) is 16.2. The Balaban J connectivity index is 2.09. The van der Waals surface area contributed by atoms with Gasteiger partial charge in [0.05, 0.1) is 11.4 Å². The highest BCUT2D eigenvalue weighted by Gasteiger charge is 2.26. The highest BCUT2D eigenvalue weighted by atomic mass is 15.3. The Labute approximate surface area is 131 Å². The molecule has 1 aromatic carbocycles. The predicted octanol–water partition coefficient (Wildman–Crippen LogP) is 5.08. The van der Waals surface area contributed by atoms with Gasteiger partial charge < -0.3 is 9.80 Å². The fourth-order valence-electron chi connectivity index (χ4n) is 3.37. The van der Waals surface area contributed by atoms with Gasteiger partial charge in [0, 0.05) is 25.7 Å². The van der Waals surface area contributed by atoms with E-state index in [1.165, 1.54) is 69.5 Å². The zero-order valence-corrected chi connectivity index (χ0v) is 14.1. The summed E-state index contributed by atoms with van der Waals surface area (Å²) in [6, 6.07) is 9.61. The zero-order valence-electron chi connectivity index (χ0n) is 14.1. The fraction of sp³-hybridized carbons (Fsp3) is 0.684. The molecule has 0 N–H and O–H groups in total. The average molecular weight is 288 g/mol. The lowest BCUT2D eigenvalue weighted by Crippen LogP contribution is -2.48. The van der Waals surface area contributed by atoms with Crippen molar-refractivity contribution < 1.29 is 0 Å². The van der Waals surface area contributed by atoms with E-state index in [0.717, 1.165) is 0 Å². The van der Waals surface area contributed by atoms with Crippen LogP contribution < -0.4 is 9.80 Å². The average Bonchev–Trinajstić information content (AvgIpc) is 2.50. The van der Waals surface area contributed by atoms with Crippen molar-refractivity contribution in [3.8, 4) is 0 Å². The number of rotatable bonds is 8. The topological polar surface area (TPSA) is 6.48 Å². The van der Waals surface area contributed by atoms with Crippen LogP contribution in [-0.2, 0) is 0 Å². The van der Waals surface area contributed by atoms with Crippen LogP contribution in [-0.4, -0.2) is 25.7 Å². The summed E-state index contributed by atoms with van der Waals surface area (Å²) in [6.07, 6.45) is 7.90. The fourth-order valence-corrected chi connectivity index (χ4v) is 3.37. The highest BCUT2D eigenvalue weighted by molar-refractivity contribution is 5.74. The largest absolute Gasteiger partial charge is 0.368 e. The van der Waals surface area contributed by atoms with Gasteiger partial charge in [-0.25, -0.2) is 0 Å². The summed E-state index contributed by atoms with van der Waals surface area (Å²) < 4.78 is 0. The molecule has 0 spiro atoms. The molecular formula is C19H32N2. The van der Waals surface area contributed by atoms with E-state index in [1.807, 2.05) is 0 Å². The molecule has 0 saturated heterocycles. The normalized spacial score (nSPS) is 18.0. The lowest BCUT2D eigenvalue weighted by molar-refractivity contribution is 0.552. The molecule has 0 radical (unpaired) electrons.